The summed E-state index contributed by atoms with van der Waals surface area (Å²) >= 11 is 6.75. The van der Waals surface area contributed by atoms with Gasteiger partial charge in [0.05, 0.1) is 3.39 Å². The minimum atomic E-state index is 0.444. The van der Waals surface area contributed by atoms with Gasteiger partial charge in [-0.15, -0.1) is 0 Å². The van der Waals surface area contributed by atoms with E-state index >= 15 is 0 Å². The Bertz CT molecular complexity index is 908. The van der Waals surface area contributed by atoms with Crippen LogP contribution in [0.3, 0.4) is 0 Å². The maximum Gasteiger partial charge on any atom is 0.163 e. The van der Waals surface area contributed by atoms with Crippen molar-refractivity contribution in [3.63, 3.8) is 0 Å². The summed E-state index contributed by atoms with van der Waals surface area (Å²) in [6.45, 7) is 0.893. The van der Waals surface area contributed by atoms with Gasteiger partial charge in [0, 0.05) is 17.3 Å². The molecule has 0 atom stereocenters. The molecule has 0 aliphatic rings. The second kappa shape index (κ2) is 9.62. The van der Waals surface area contributed by atoms with Crippen molar-refractivity contribution in [3.05, 3.63) is 92.9 Å². The quantitative estimate of drug-likeness (QED) is 0.385. The maximum atomic E-state index is 6.19. The standard InChI is InChI=1S/C22H19Br2NO2/c23-22(24)12-18-11-20(26-14-16-7-3-1-4-8-16)21(13-19(18)25)27-15-17-9-5-2-6-10-17/h1-13H,14-15,25H2. The Morgan fingerprint density at radius 1 is 0.778 bits per heavy atom. The third kappa shape index (κ3) is 5.88. The normalized spacial score (nSPS) is 10.3. The molecule has 0 heterocycles. The zero-order valence-corrected chi connectivity index (χ0v) is 17.7. The molecule has 27 heavy (non-hydrogen) atoms. The molecule has 0 saturated heterocycles. The lowest BCUT2D eigenvalue weighted by Crippen LogP contribution is -2.02. The molecule has 0 fully saturated rings. The second-order valence-electron chi connectivity index (χ2n) is 5.91. The van der Waals surface area contributed by atoms with Gasteiger partial charge in [0.1, 0.15) is 13.2 Å². The van der Waals surface area contributed by atoms with E-state index in [1.807, 2.05) is 72.8 Å². The van der Waals surface area contributed by atoms with E-state index in [1.165, 1.54) is 0 Å². The lowest BCUT2D eigenvalue weighted by atomic mass is 10.1. The number of ether oxygens (including phenoxy) is 2. The van der Waals surface area contributed by atoms with Gasteiger partial charge in [-0.25, -0.2) is 0 Å². The van der Waals surface area contributed by atoms with E-state index in [0.717, 1.165) is 20.1 Å². The fourth-order valence-corrected chi connectivity index (χ4v) is 3.02. The molecule has 3 aromatic rings. The van der Waals surface area contributed by atoms with Gasteiger partial charge < -0.3 is 15.2 Å². The fourth-order valence-electron chi connectivity index (χ4n) is 2.53. The Hall–Kier alpha value is -2.24. The zero-order chi connectivity index (χ0) is 19.1. The highest BCUT2D eigenvalue weighted by Crippen LogP contribution is 2.35. The number of nitrogen functional groups attached to an aromatic ring is 1. The summed E-state index contributed by atoms with van der Waals surface area (Å²) in [6, 6.07) is 23.7. The highest BCUT2D eigenvalue weighted by atomic mass is 79.9. The van der Waals surface area contributed by atoms with Crippen LogP contribution in [-0.4, -0.2) is 0 Å². The first-order valence-corrected chi connectivity index (χ1v) is 10.00. The minimum Gasteiger partial charge on any atom is -0.485 e. The van der Waals surface area contributed by atoms with Crippen molar-refractivity contribution in [3.8, 4) is 11.5 Å². The number of anilines is 1. The van der Waals surface area contributed by atoms with Crippen LogP contribution in [0.2, 0.25) is 0 Å². The molecule has 0 saturated carbocycles. The van der Waals surface area contributed by atoms with E-state index in [2.05, 4.69) is 31.9 Å². The first-order valence-electron chi connectivity index (χ1n) is 8.41. The summed E-state index contributed by atoms with van der Waals surface area (Å²) in [4.78, 5) is 0. The summed E-state index contributed by atoms with van der Waals surface area (Å²) in [5, 5.41) is 0. The molecule has 138 valence electrons. The monoisotopic (exact) mass is 487 g/mol. The van der Waals surface area contributed by atoms with E-state index in [4.69, 9.17) is 15.2 Å². The Morgan fingerprint density at radius 3 is 1.74 bits per heavy atom. The van der Waals surface area contributed by atoms with Crippen LogP contribution in [0, 0.1) is 0 Å². The SMILES string of the molecule is Nc1cc(OCc2ccccc2)c(OCc2ccccc2)cc1C=C(Br)Br. The third-order valence-corrected chi connectivity index (χ3v) is 4.35. The van der Waals surface area contributed by atoms with Crippen LogP contribution in [-0.2, 0) is 13.2 Å². The van der Waals surface area contributed by atoms with Crippen LogP contribution in [0.5, 0.6) is 11.5 Å². The number of rotatable bonds is 7. The Kier molecular flexibility index (Phi) is 6.96. The van der Waals surface area contributed by atoms with Crippen LogP contribution in [0.4, 0.5) is 5.69 Å². The third-order valence-electron chi connectivity index (χ3n) is 3.89. The highest BCUT2D eigenvalue weighted by Gasteiger charge is 2.11. The first kappa shape index (κ1) is 19.5. The van der Waals surface area contributed by atoms with Crippen molar-refractivity contribution in [2.24, 2.45) is 0 Å². The molecular formula is C22H19Br2NO2. The molecule has 0 amide bonds. The molecule has 0 aliphatic heterocycles. The van der Waals surface area contributed by atoms with Gasteiger partial charge in [-0.05, 0) is 55.1 Å². The molecule has 0 bridgehead atoms. The van der Waals surface area contributed by atoms with Crippen molar-refractivity contribution < 1.29 is 9.47 Å². The Balaban J connectivity index is 1.85. The van der Waals surface area contributed by atoms with Gasteiger partial charge in [-0.3, -0.25) is 0 Å². The van der Waals surface area contributed by atoms with Gasteiger partial charge >= 0.3 is 0 Å². The largest absolute Gasteiger partial charge is 0.485 e. The zero-order valence-electron chi connectivity index (χ0n) is 14.6. The first-order chi connectivity index (χ1) is 13.1. The van der Waals surface area contributed by atoms with Crippen LogP contribution >= 0.6 is 31.9 Å². The molecule has 3 aromatic carbocycles. The smallest absolute Gasteiger partial charge is 0.163 e. The van der Waals surface area contributed by atoms with Gasteiger partial charge in [0.25, 0.3) is 0 Å². The molecule has 0 aromatic heterocycles. The van der Waals surface area contributed by atoms with Gasteiger partial charge in [-0.2, -0.15) is 0 Å². The van der Waals surface area contributed by atoms with Crippen molar-refractivity contribution in [1.29, 1.82) is 0 Å². The summed E-state index contributed by atoms with van der Waals surface area (Å²) < 4.78 is 12.9. The number of nitrogens with two attached hydrogens (primary N) is 1. The average Bonchev–Trinajstić information content (AvgIpc) is 2.68. The van der Waals surface area contributed by atoms with E-state index in [1.54, 1.807) is 6.07 Å². The minimum absolute atomic E-state index is 0.444. The van der Waals surface area contributed by atoms with Crippen molar-refractivity contribution in [2.75, 3.05) is 5.73 Å². The second-order valence-corrected chi connectivity index (χ2v) is 8.68. The molecule has 0 radical (unpaired) electrons. The Morgan fingerprint density at radius 2 is 1.26 bits per heavy atom. The van der Waals surface area contributed by atoms with Gasteiger partial charge in [-0.1, -0.05) is 60.7 Å². The lowest BCUT2D eigenvalue weighted by molar-refractivity contribution is 0.256. The summed E-state index contributed by atoms with van der Waals surface area (Å²) in [5.74, 6) is 1.27. The maximum absolute atomic E-state index is 6.19. The number of benzene rings is 3. The van der Waals surface area contributed by atoms with Crippen LogP contribution in [0.1, 0.15) is 16.7 Å². The van der Waals surface area contributed by atoms with Crippen molar-refractivity contribution in [2.45, 2.75) is 13.2 Å². The summed E-state index contributed by atoms with van der Waals surface area (Å²) in [7, 11) is 0. The number of hydrogen-bond donors (Lipinski definition) is 1. The summed E-state index contributed by atoms with van der Waals surface area (Å²) in [5.41, 5.74) is 9.81. The average molecular weight is 489 g/mol. The van der Waals surface area contributed by atoms with E-state index in [0.29, 0.717) is 30.4 Å². The molecule has 0 spiro atoms. The lowest BCUT2D eigenvalue weighted by Gasteiger charge is -2.15. The molecule has 2 N–H and O–H groups in total. The molecular weight excluding hydrogens is 470 g/mol. The molecule has 0 aliphatic carbocycles. The van der Waals surface area contributed by atoms with Crippen molar-refractivity contribution >= 4 is 43.6 Å². The number of hydrogen-bond acceptors (Lipinski definition) is 3. The fraction of sp³-hybridized carbons (Fsp3) is 0.0909. The number of halogens is 2. The molecule has 5 heteroatoms. The van der Waals surface area contributed by atoms with E-state index in [-0.39, 0.29) is 0 Å². The van der Waals surface area contributed by atoms with Crippen molar-refractivity contribution in [1.82, 2.24) is 0 Å². The predicted octanol–water partition coefficient (Wildman–Crippen LogP) is 6.52. The Labute approximate surface area is 176 Å². The van der Waals surface area contributed by atoms with Crippen LogP contribution < -0.4 is 15.2 Å². The summed E-state index contributed by atoms with van der Waals surface area (Å²) in [6.07, 6.45) is 1.88. The predicted molar refractivity (Wildman–Crippen MR) is 118 cm³/mol. The molecule has 3 nitrogen and oxygen atoms in total. The van der Waals surface area contributed by atoms with E-state index in [9.17, 15) is 0 Å². The van der Waals surface area contributed by atoms with Crippen LogP contribution in [0.25, 0.3) is 6.08 Å². The van der Waals surface area contributed by atoms with Gasteiger partial charge in [0.2, 0.25) is 0 Å². The van der Waals surface area contributed by atoms with E-state index < -0.39 is 0 Å². The highest BCUT2D eigenvalue weighted by molar-refractivity contribution is 9.28. The molecule has 3 rings (SSSR count). The van der Waals surface area contributed by atoms with Gasteiger partial charge in [0.15, 0.2) is 11.5 Å². The van der Waals surface area contributed by atoms with Crippen LogP contribution in [0.15, 0.2) is 76.2 Å². The topological polar surface area (TPSA) is 44.5 Å². The molecule has 0 unspecified atom stereocenters.